The van der Waals surface area contributed by atoms with Crippen LogP contribution in [0.1, 0.15) is 77.5 Å². The second kappa shape index (κ2) is 10.6. The molecule has 6 rings (SSSR count). The zero-order valence-corrected chi connectivity index (χ0v) is 22.5. The van der Waals surface area contributed by atoms with Gasteiger partial charge < -0.3 is 14.6 Å². The molecule has 3 fully saturated rings. The van der Waals surface area contributed by atoms with Gasteiger partial charge in [-0.15, -0.1) is 0 Å². The fourth-order valence-electron chi connectivity index (χ4n) is 6.26. The van der Waals surface area contributed by atoms with E-state index in [0.29, 0.717) is 29.2 Å². The molecule has 1 saturated heterocycles. The highest BCUT2D eigenvalue weighted by Gasteiger charge is 2.30. The molecule has 4 heterocycles. The van der Waals surface area contributed by atoms with Crippen molar-refractivity contribution in [1.82, 2.24) is 29.7 Å². The maximum absolute atomic E-state index is 11.7. The highest BCUT2D eigenvalue weighted by atomic mass is 16.5. The first-order chi connectivity index (χ1) is 18.5. The van der Waals surface area contributed by atoms with Crippen molar-refractivity contribution in [1.29, 1.82) is 0 Å². The molecule has 1 aliphatic heterocycles. The molecule has 2 N–H and O–H groups in total. The molecule has 3 aromatic heterocycles. The lowest BCUT2D eigenvalue weighted by Crippen LogP contribution is -2.31. The molecule has 38 heavy (non-hydrogen) atoms. The summed E-state index contributed by atoms with van der Waals surface area (Å²) in [5.74, 6) is 3.81. The number of ether oxygens (including phenoxy) is 1. The third-order valence-electron chi connectivity index (χ3n) is 9.05. The molecular weight excluding hydrogens is 482 g/mol. The van der Waals surface area contributed by atoms with E-state index in [4.69, 9.17) is 24.2 Å². The number of rotatable bonds is 8. The van der Waals surface area contributed by atoms with E-state index in [1.165, 1.54) is 44.9 Å². The third kappa shape index (κ3) is 5.02. The minimum atomic E-state index is -0.633. The summed E-state index contributed by atoms with van der Waals surface area (Å²) in [6.07, 6.45) is 10.6. The maximum atomic E-state index is 11.7. The average Bonchev–Trinajstić information content (AvgIpc) is 3.48. The summed E-state index contributed by atoms with van der Waals surface area (Å²) in [5.41, 5.74) is 2.55. The van der Waals surface area contributed by atoms with Crippen LogP contribution in [-0.4, -0.2) is 48.9 Å². The normalized spacial score (nSPS) is 23.8. The zero-order chi connectivity index (χ0) is 26.2. The minimum Gasteiger partial charge on any atom is -0.381 e. The van der Waals surface area contributed by atoms with E-state index in [-0.39, 0.29) is 11.9 Å². The van der Waals surface area contributed by atoms with E-state index in [0.717, 1.165) is 61.3 Å². The van der Waals surface area contributed by atoms with E-state index in [1.807, 2.05) is 0 Å². The van der Waals surface area contributed by atoms with Crippen LogP contribution in [0.2, 0.25) is 0 Å². The van der Waals surface area contributed by atoms with Gasteiger partial charge in [-0.05, 0) is 74.7 Å². The monoisotopic (exact) mass is 521 g/mol. The number of allylic oxidation sites excluding steroid dienone is 1. The van der Waals surface area contributed by atoms with Gasteiger partial charge in [0.15, 0.2) is 11.5 Å². The first-order valence-corrected chi connectivity index (χ1v) is 14.3. The molecule has 1 atom stereocenters. The third-order valence-corrected chi connectivity index (χ3v) is 9.05. The Morgan fingerprint density at radius 2 is 1.87 bits per heavy atom. The number of fused-ring (bicyclic) bond motifs is 1. The molecule has 2 saturated carbocycles. The van der Waals surface area contributed by atoms with Crippen LogP contribution in [0.5, 0.6) is 0 Å². The molecule has 3 aliphatic rings. The van der Waals surface area contributed by atoms with Crippen molar-refractivity contribution >= 4 is 22.6 Å². The second-order valence-corrected chi connectivity index (χ2v) is 11.7. The van der Waals surface area contributed by atoms with Crippen LogP contribution in [0.25, 0.3) is 28.4 Å². The lowest BCUT2D eigenvalue weighted by atomic mass is 9.80. The quantitative estimate of drug-likeness (QED) is 0.423. The fourth-order valence-corrected chi connectivity index (χ4v) is 6.26. The molecule has 0 bridgehead atoms. The Kier molecular flexibility index (Phi) is 7.07. The number of hydrogen-bond acceptors (Lipinski definition) is 8. The second-order valence-electron chi connectivity index (χ2n) is 11.7. The van der Waals surface area contributed by atoms with Crippen molar-refractivity contribution < 1.29 is 9.26 Å². The van der Waals surface area contributed by atoms with Gasteiger partial charge in [-0.2, -0.15) is 0 Å². The smallest absolute Gasteiger partial charge is 0.381 e. The van der Waals surface area contributed by atoms with E-state index in [9.17, 15) is 4.79 Å². The largest absolute Gasteiger partial charge is 0.439 e. The van der Waals surface area contributed by atoms with Crippen LogP contribution >= 0.6 is 0 Å². The molecule has 0 amide bonds. The molecule has 204 valence electrons. The highest BCUT2D eigenvalue weighted by Crippen LogP contribution is 2.37. The van der Waals surface area contributed by atoms with E-state index < -0.39 is 5.76 Å². The molecule has 10 nitrogen and oxygen atoms in total. The van der Waals surface area contributed by atoms with Gasteiger partial charge >= 0.3 is 5.76 Å². The van der Waals surface area contributed by atoms with Gasteiger partial charge in [0.05, 0.1) is 0 Å². The first kappa shape index (κ1) is 25.3. The zero-order valence-electron chi connectivity index (χ0n) is 22.5. The van der Waals surface area contributed by atoms with Gasteiger partial charge in [-0.3, -0.25) is 9.51 Å². The molecular formula is C28H39N7O3. The van der Waals surface area contributed by atoms with Crippen molar-refractivity contribution in [3.05, 3.63) is 23.0 Å². The summed E-state index contributed by atoms with van der Waals surface area (Å²) in [6, 6.07) is 0.257. The Hall–Kier alpha value is -3.01. The molecule has 0 radical (unpaired) electrons. The lowest BCUT2D eigenvalue weighted by molar-refractivity contribution is 0.0806. The number of nitrogens with one attached hydrogen (secondary N) is 2. The number of aromatic nitrogens is 6. The molecule has 0 spiro atoms. The summed E-state index contributed by atoms with van der Waals surface area (Å²) in [4.78, 5) is 29.0. The van der Waals surface area contributed by atoms with Crippen LogP contribution in [0.3, 0.4) is 0 Å². The molecule has 0 unspecified atom stereocenters. The van der Waals surface area contributed by atoms with Crippen molar-refractivity contribution in [3.8, 4) is 11.6 Å². The van der Waals surface area contributed by atoms with Crippen LogP contribution in [-0.2, 0) is 11.3 Å². The number of nitrogens with zero attached hydrogens (tertiary/aromatic N) is 5. The van der Waals surface area contributed by atoms with Gasteiger partial charge in [-0.1, -0.05) is 37.9 Å². The SMILES string of the molecule is C=C(c1nc2nc(-c3noc(=O)[nH]3)nc(N[C@H](C)C3CCC3)c2n1C[C@H]1CC[C@H](C)CC1)C1CCOCC1. The van der Waals surface area contributed by atoms with Crippen LogP contribution < -0.4 is 11.1 Å². The van der Waals surface area contributed by atoms with Crippen molar-refractivity contribution in [2.45, 2.75) is 84.2 Å². The summed E-state index contributed by atoms with van der Waals surface area (Å²) in [5, 5.41) is 7.56. The van der Waals surface area contributed by atoms with Crippen molar-refractivity contribution in [2.75, 3.05) is 18.5 Å². The number of anilines is 1. The highest BCUT2D eigenvalue weighted by molar-refractivity contribution is 5.87. The van der Waals surface area contributed by atoms with Crippen molar-refractivity contribution in [3.63, 3.8) is 0 Å². The Bertz CT molecular complexity index is 1340. The van der Waals surface area contributed by atoms with Crippen LogP contribution in [0.4, 0.5) is 5.82 Å². The van der Waals surface area contributed by atoms with E-state index in [2.05, 4.69) is 40.5 Å². The van der Waals surface area contributed by atoms with Crippen LogP contribution in [0.15, 0.2) is 15.9 Å². The van der Waals surface area contributed by atoms with Gasteiger partial charge in [0, 0.05) is 25.8 Å². The Balaban J connectivity index is 1.47. The fraction of sp³-hybridized carbons (Fsp3) is 0.679. The van der Waals surface area contributed by atoms with E-state index in [1.54, 1.807) is 0 Å². The molecule has 0 aromatic carbocycles. The standard InChI is InChI=1S/C28H39N7O3/c1-16-7-9-19(10-8-16)15-35-22-23(29-18(3)21-5-4-6-21)30-25(26-33-28(36)38-34-26)31-24(22)32-27(35)17(2)20-11-13-37-14-12-20/h16,18-21H,2,4-15H2,1,3H3,(H,29,30,31)(H,33,34,36)/t16-,18-,19-/m1/s1. The molecule has 3 aromatic rings. The van der Waals surface area contributed by atoms with Crippen LogP contribution in [0, 0.1) is 23.7 Å². The Labute approximate surface area is 222 Å². The lowest BCUT2D eigenvalue weighted by Gasteiger charge is -2.32. The number of H-pyrrole nitrogens is 1. The molecule has 10 heteroatoms. The van der Waals surface area contributed by atoms with Gasteiger partial charge in [0.2, 0.25) is 11.6 Å². The van der Waals surface area contributed by atoms with Gasteiger partial charge in [-0.25, -0.2) is 19.7 Å². The molecule has 2 aliphatic carbocycles. The summed E-state index contributed by atoms with van der Waals surface area (Å²) in [7, 11) is 0. The summed E-state index contributed by atoms with van der Waals surface area (Å²) in [6.45, 7) is 11.5. The maximum Gasteiger partial charge on any atom is 0.439 e. The number of imidazole rings is 1. The topological polar surface area (TPSA) is 124 Å². The number of aromatic amines is 1. The predicted octanol–water partition coefficient (Wildman–Crippen LogP) is 5.04. The number of hydrogen-bond donors (Lipinski definition) is 2. The summed E-state index contributed by atoms with van der Waals surface area (Å²) < 4.78 is 12.7. The van der Waals surface area contributed by atoms with Gasteiger partial charge in [0.1, 0.15) is 11.3 Å². The first-order valence-electron chi connectivity index (χ1n) is 14.3. The predicted molar refractivity (Wildman–Crippen MR) is 146 cm³/mol. The Morgan fingerprint density at radius 1 is 1.11 bits per heavy atom. The Morgan fingerprint density at radius 3 is 2.53 bits per heavy atom. The minimum absolute atomic E-state index is 0.205. The van der Waals surface area contributed by atoms with Crippen molar-refractivity contribution in [2.24, 2.45) is 23.7 Å². The summed E-state index contributed by atoms with van der Waals surface area (Å²) >= 11 is 0. The van der Waals surface area contributed by atoms with E-state index >= 15 is 0 Å². The van der Waals surface area contributed by atoms with Gasteiger partial charge in [0.25, 0.3) is 0 Å². The average molecular weight is 522 g/mol.